The molecular formula is C19H17FN4O3. The lowest BCUT2D eigenvalue weighted by Crippen LogP contribution is -2.22. The number of H-pyrrole nitrogens is 1. The molecule has 0 spiro atoms. The molecule has 0 unspecified atom stereocenters. The van der Waals surface area contributed by atoms with Gasteiger partial charge in [-0.2, -0.15) is 5.10 Å². The highest BCUT2D eigenvalue weighted by atomic mass is 19.1. The fraction of sp³-hybridized carbons (Fsp3) is 0.316. The summed E-state index contributed by atoms with van der Waals surface area (Å²) >= 11 is 0. The van der Waals surface area contributed by atoms with Crippen LogP contribution in [-0.2, 0) is 13.1 Å². The molecule has 1 saturated carbocycles. The van der Waals surface area contributed by atoms with E-state index in [4.69, 9.17) is 0 Å². The number of pyridine rings is 1. The van der Waals surface area contributed by atoms with Crippen LogP contribution in [0.25, 0.3) is 10.9 Å². The van der Waals surface area contributed by atoms with Crippen molar-refractivity contribution in [3.63, 3.8) is 0 Å². The van der Waals surface area contributed by atoms with E-state index in [1.165, 1.54) is 6.20 Å². The minimum absolute atomic E-state index is 0.152. The van der Waals surface area contributed by atoms with Crippen LogP contribution in [0.3, 0.4) is 0 Å². The monoisotopic (exact) mass is 368 g/mol. The van der Waals surface area contributed by atoms with Crippen LogP contribution in [0.5, 0.6) is 0 Å². The first-order valence-electron chi connectivity index (χ1n) is 8.83. The number of nitrogens with one attached hydrogen (secondary N) is 1. The Bertz CT molecular complexity index is 1160. The molecule has 0 saturated heterocycles. The quantitative estimate of drug-likeness (QED) is 0.742. The van der Waals surface area contributed by atoms with Crippen LogP contribution >= 0.6 is 0 Å². The summed E-state index contributed by atoms with van der Waals surface area (Å²) in [5, 5.41) is 16.5. The standard InChI is InChI=1S/C19H17FN4O3/c1-9-16-14(24(11-2-3-11)7-12(18(16)25)19(26)27)4-15(17(9)20)23-6-10-5-21-22-13(10)8-23/h4-5,7,11H,2-3,6,8H2,1H3,(H,21,22)(H,26,27). The summed E-state index contributed by atoms with van der Waals surface area (Å²) in [6.07, 6.45) is 4.98. The number of aromatic amines is 1. The number of carboxylic acid groups (broad SMARTS) is 1. The van der Waals surface area contributed by atoms with E-state index < -0.39 is 17.2 Å². The molecule has 3 aromatic rings. The van der Waals surface area contributed by atoms with Crippen LogP contribution < -0.4 is 10.3 Å². The third kappa shape index (κ3) is 2.29. The zero-order valence-corrected chi connectivity index (χ0v) is 14.6. The van der Waals surface area contributed by atoms with Gasteiger partial charge in [0, 0.05) is 29.9 Å². The van der Waals surface area contributed by atoms with E-state index in [1.807, 2.05) is 9.47 Å². The second-order valence-corrected chi connectivity index (χ2v) is 7.27. The number of aryl methyl sites for hydroxylation is 1. The van der Waals surface area contributed by atoms with Crippen LogP contribution in [-0.4, -0.2) is 25.8 Å². The van der Waals surface area contributed by atoms with E-state index in [9.17, 15) is 14.7 Å². The molecule has 138 valence electrons. The number of carbonyl (C=O) groups is 1. The van der Waals surface area contributed by atoms with Crippen LogP contribution in [0.4, 0.5) is 10.1 Å². The number of hydrogen-bond donors (Lipinski definition) is 2. The second kappa shape index (κ2) is 5.42. The Labute approximate surface area is 153 Å². The van der Waals surface area contributed by atoms with E-state index in [0.29, 0.717) is 24.3 Å². The first-order valence-corrected chi connectivity index (χ1v) is 8.83. The van der Waals surface area contributed by atoms with E-state index in [1.54, 1.807) is 19.2 Å². The third-order valence-corrected chi connectivity index (χ3v) is 5.51. The van der Waals surface area contributed by atoms with Crippen LogP contribution in [0.2, 0.25) is 0 Å². The number of aromatic nitrogens is 3. The van der Waals surface area contributed by atoms with Gasteiger partial charge in [-0.1, -0.05) is 0 Å². The summed E-state index contributed by atoms with van der Waals surface area (Å²) in [6, 6.07) is 1.84. The van der Waals surface area contributed by atoms with Crippen molar-refractivity contribution in [3.8, 4) is 0 Å². The van der Waals surface area contributed by atoms with Crippen molar-refractivity contribution in [1.82, 2.24) is 14.8 Å². The number of fused-ring (bicyclic) bond motifs is 2. The molecule has 2 N–H and O–H groups in total. The van der Waals surface area contributed by atoms with E-state index >= 15 is 4.39 Å². The maximum atomic E-state index is 15.2. The van der Waals surface area contributed by atoms with Crippen molar-refractivity contribution in [2.75, 3.05) is 4.90 Å². The molecule has 5 rings (SSSR count). The highest BCUT2D eigenvalue weighted by Crippen LogP contribution is 2.40. The number of aromatic carboxylic acids is 1. The molecule has 0 atom stereocenters. The molecule has 8 heteroatoms. The molecular weight excluding hydrogens is 351 g/mol. The Morgan fingerprint density at radius 3 is 2.81 bits per heavy atom. The van der Waals surface area contributed by atoms with Crippen molar-refractivity contribution < 1.29 is 14.3 Å². The fourth-order valence-electron chi connectivity index (χ4n) is 3.92. The van der Waals surface area contributed by atoms with Gasteiger partial charge in [-0.15, -0.1) is 0 Å². The van der Waals surface area contributed by atoms with Gasteiger partial charge in [0.25, 0.3) is 0 Å². The Hall–Kier alpha value is -3.16. The topological polar surface area (TPSA) is 91.2 Å². The maximum Gasteiger partial charge on any atom is 0.341 e. The van der Waals surface area contributed by atoms with Gasteiger partial charge in [0.05, 0.1) is 35.0 Å². The molecule has 2 aliphatic rings. The minimum Gasteiger partial charge on any atom is -0.477 e. The zero-order chi connectivity index (χ0) is 18.9. The smallest absolute Gasteiger partial charge is 0.341 e. The molecule has 27 heavy (non-hydrogen) atoms. The third-order valence-electron chi connectivity index (χ3n) is 5.51. The molecule has 1 aliphatic carbocycles. The predicted octanol–water partition coefficient (Wildman–Crippen LogP) is 2.73. The first kappa shape index (κ1) is 16.0. The van der Waals surface area contributed by atoms with Gasteiger partial charge in [0.15, 0.2) is 0 Å². The van der Waals surface area contributed by atoms with Crippen molar-refractivity contribution in [3.05, 3.63) is 56.9 Å². The Balaban J connectivity index is 1.76. The molecule has 1 aromatic carbocycles. The van der Waals surface area contributed by atoms with Crippen molar-refractivity contribution in [1.29, 1.82) is 0 Å². The highest BCUT2D eigenvalue weighted by molar-refractivity contribution is 5.95. The normalized spacial score (nSPS) is 16.1. The first-order chi connectivity index (χ1) is 13.0. The Morgan fingerprint density at radius 2 is 2.15 bits per heavy atom. The van der Waals surface area contributed by atoms with Crippen LogP contribution in [0.15, 0.2) is 23.3 Å². The Morgan fingerprint density at radius 1 is 1.37 bits per heavy atom. The zero-order valence-electron chi connectivity index (χ0n) is 14.6. The molecule has 2 aromatic heterocycles. The minimum atomic E-state index is -1.29. The average molecular weight is 368 g/mol. The van der Waals surface area contributed by atoms with Gasteiger partial charge in [-0.3, -0.25) is 9.89 Å². The molecule has 1 fully saturated rings. The van der Waals surface area contributed by atoms with E-state index in [-0.39, 0.29) is 22.6 Å². The van der Waals surface area contributed by atoms with Gasteiger partial charge < -0.3 is 14.6 Å². The van der Waals surface area contributed by atoms with Crippen LogP contribution in [0, 0.1) is 12.7 Å². The molecule has 3 heterocycles. The number of hydrogen-bond acceptors (Lipinski definition) is 4. The summed E-state index contributed by atoms with van der Waals surface area (Å²) in [6.45, 7) is 2.59. The van der Waals surface area contributed by atoms with Gasteiger partial charge in [0.2, 0.25) is 5.43 Å². The van der Waals surface area contributed by atoms with Gasteiger partial charge >= 0.3 is 5.97 Å². The molecule has 0 bridgehead atoms. The molecule has 1 aliphatic heterocycles. The second-order valence-electron chi connectivity index (χ2n) is 7.27. The van der Waals surface area contributed by atoms with Gasteiger partial charge in [-0.05, 0) is 25.8 Å². The highest BCUT2D eigenvalue weighted by Gasteiger charge is 2.30. The number of nitrogens with zero attached hydrogens (tertiary/aromatic N) is 3. The summed E-state index contributed by atoms with van der Waals surface area (Å²) in [4.78, 5) is 26.1. The molecule has 0 amide bonds. The lowest BCUT2D eigenvalue weighted by Gasteiger charge is -2.22. The average Bonchev–Trinajstić information content (AvgIpc) is 3.24. The SMILES string of the molecule is Cc1c(F)c(N2Cc3cn[nH]c3C2)cc2c1c(=O)c(C(=O)O)cn2C1CC1. The number of rotatable bonds is 3. The fourth-order valence-corrected chi connectivity index (χ4v) is 3.92. The van der Waals surface area contributed by atoms with Gasteiger partial charge in [-0.25, -0.2) is 9.18 Å². The summed E-state index contributed by atoms with van der Waals surface area (Å²) in [5.41, 5.74) is 2.23. The number of halogens is 1. The van der Waals surface area contributed by atoms with Crippen molar-refractivity contribution >= 4 is 22.6 Å². The van der Waals surface area contributed by atoms with Crippen molar-refractivity contribution in [2.45, 2.75) is 38.9 Å². The van der Waals surface area contributed by atoms with Gasteiger partial charge in [0.1, 0.15) is 11.4 Å². The number of benzene rings is 1. The van der Waals surface area contributed by atoms with E-state index in [2.05, 4.69) is 10.2 Å². The summed E-state index contributed by atoms with van der Waals surface area (Å²) in [5.74, 6) is -1.77. The molecule has 0 radical (unpaired) electrons. The summed E-state index contributed by atoms with van der Waals surface area (Å²) < 4.78 is 17.0. The Kier molecular flexibility index (Phi) is 3.22. The van der Waals surface area contributed by atoms with Crippen LogP contribution in [0.1, 0.15) is 46.1 Å². The lowest BCUT2D eigenvalue weighted by atomic mass is 10.0. The number of carboxylic acids is 1. The summed E-state index contributed by atoms with van der Waals surface area (Å²) in [7, 11) is 0. The van der Waals surface area contributed by atoms with Crippen molar-refractivity contribution in [2.24, 2.45) is 0 Å². The lowest BCUT2D eigenvalue weighted by molar-refractivity contribution is 0.0695. The molecule has 7 nitrogen and oxygen atoms in total. The maximum absolute atomic E-state index is 15.2. The predicted molar refractivity (Wildman–Crippen MR) is 96.6 cm³/mol. The largest absolute Gasteiger partial charge is 0.477 e. The number of anilines is 1. The van der Waals surface area contributed by atoms with E-state index in [0.717, 1.165) is 24.1 Å².